The maximum atomic E-state index is 12.8. The minimum atomic E-state index is -4.08. The quantitative estimate of drug-likeness (QED) is 0.251. The largest absolute Gasteiger partial charge is 0.379 e. The normalized spacial score (nSPS) is 15.3. The molecular formula is C23H14Cl3NO5S2. The molecule has 0 N–H and O–H groups in total. The van der Waals surface area contributed by atoms with E-state index >= 15 is 0 Å². The Balaban J connectivity index is 1.53. The highest BCUT2D eigenvalue weighted by Crippen LogP contribution is 2.35. The van der Waals surface area contributed by atoms with Crippen LogP contribution in [0.4, 0.5) is 4.79 Å². The molecule has 1 fully saturated rings. The fraction of sp³-hybridized carbons (Fsp3) is 0.0435. The van der Waals surface area contributed by atoms with Crippen LogP contribution in [0.25, 0.3) is 6.08 Å². The molecule has 6 nitrogen and oxygen atoms in total. The Morgan fingerprint density at radius 3 is 2.32 bits per heavy atom. The first-order chi connectivity index (χ1) is 16.1. The lowest BCUT2D eigenvalue weighted by atomic mass is 10.2. The van der Waals surface area contributed by atoms with E-state index in [1.54, 1.807) is 24.3 Å². The van der Waals surface area contributed by atoms with E-state index < -0.39 is 21.3 Å². The van der Waals surface area contributed by atoms with E-state index in [1.165, 1.54) is 48.5 Å². The predicted molar refractivity (Wildman–Crippen MR) is 134 cm³/mol. The fourth-order valence-corrected chi connectivity index (χ4v) is 5.40. The molecular weight excluding hydrogens is 541 g/mol. The molecule has 0 aliphatic carbocycles. The number of halogens is 3. The van der Waals surface area contributed by atoms with E-state index in [0.717, 1.165) is 16.7 Å². The van der Waals surface area contributed by atoms with Gasteiger partial charge >= 0.3 is 10.1 Å². The molecule has 3 aromatic rings. The number of imide groups is 1. The molecule has 4 rings (SSSR count). The van der Waals surface area contributed by atoms with Crippen LogP contribution < -0.4 is 4.18 Å². The Morgan fingerprint density at radius 1 is 0.912 bits per heavy atom. The second kappa shape index (κ2) is 10.0. The molecule has 0 spiro atoms. The van der Waals surface area contributed by atoms with Crippen LogP contribution in [-0.2, 0) is 21.5 Å². The second-order valence-corrected chi connectivity index (χ2v) is 10.9. The van der Waals surface area contributed by atoms with Crippen LogP contribution in [0.5, 0.6) is 5.75 Å². The summed E-state index contributed by atoms with van der Waals surface area (Å²) >= 11 is 18.7. The molecule has 0 unspecified atom stereocenters. The molecule has 0 saturated carbocycles. The Morgan fingerprint density at radius 2 is 1.62 bits per heavy atom. The number of benzene rings is 3. The van der Waals surface area contributed by atoms with Gasteiger partial charge in [-0.1, -0.05) is 53.0 Å². The van der Waals surface area contributed by atoms with E-state index in [9.17, 15) is 18.0 Å². The van der Waals surface area contributed by atoms with Gasteiger partial charge in [0.05, 0.1) is 11.4 Å². The first-order valence-electron chi connectivity index (χ1n) is 9.62. The summed E-state index contributed by atoms with van der Waals surface area (Å²) in [5, 5.41) is 0.749. The number of rotatable bonds is 6. The first kappa shape index (κ1) is 24.6. The van der Waals surface area contributed by atoms with Gasteiger partial charge in [-0.2, -0.15) is 8.42 Å². The zero-order valence-electron chi connectivity index (χ0n) is 17.1. The van der Waals surface area contributed by atoms with E-state index in [-0.39, 0.29) is 22.1 Å². The molecule has 0 atom stereocenters. The van der Waals surface area contributed by atoms with Gasteiger partial charge in [-0.25, -0.2) is 0 Å². The second-order valence-electron chi connectivity index (χ2n) is 7.07. The highest BCUT2D eigenvalue weighted by molar-refractivity contribution is 8.18. The highest BCUT2D eigenvalue weighted by Gasteiger charge is 2.35. The summed E-state index contributed by atoms with van der Waals surface area (Å²) in [5.41, 5.74) is 1.07. The molecule has 11 heteroatoms. The number of carbonyl (C=O) groups is 2. The zero-order valence-corrected chi connectivity index (χ0v) is 21.0. The molecule has 1 aliphatic rings. The Kier molecular flexibility index (Phi) is 7.25. The maximum Gasteiger partial charge on any atom is 0.339 e. The van der Waals surface area contributed by atoms with Crippen molar-refractivity contribution in [3.63, 3.8) is 0 Å². The predicted octanol–water partition coefficient (Wildman–Crippen LogP) is 6.65. The molecule has 1 aliphatic heterocycles. The van der Waals surface area contributed by atoms with Crippen molar-refractivity contribution in [1.29, 1.82) is 0 Å². The van der Waals surface area contributed by atoms with Gasteiger partial charge in [0, 0.05) is 15.1 Å². The highest BCUT2D eigenvalue weighted by atomic mass is 35.5. The van der Waals surface area contributed by atoms with Gasteiger partial charge in [-0.3, -0.25) is 14.5 Å². The van der Waals surface area contributed by atoms with Crippen molar-refractivity contribution in [2.75, 3.05) is 0 Å². The lowest BCUT2D eigenvalue weighted by Crippen LogP contribution is -2.27. The van der Waals surface area contributed by atoms with Gasteiger partial charge in [0.2, 0.25) is 0 Å². The van der Waals surface area contributed by atoms with E-state index in [2.05, 4.69) is 0 Å². The monoisotopic (exact) mass is 553 g/mol. The van der Waals surface area contributed by atoms with Gasteiger partial charge in [-0.05, 0) is 77.5 Å². The van der Waals surface area contributed by atoms with Crippen LogP contribution in [0.2, 0.25) is 15.1 Å². The van der Waals surface area contributed by atoms with Crippen LogP contribution in [-0.4, -0.2) is 24.5 Å². The summed E-state index contributed by atoms with van der Waals surface area (Å²) in [6.45, 7) is 0.000492. The van der Waals surface area contributed by atoms with Crippen LogP contribution in [0.15, 0.2) is 76.5 Å². The van der Waals surface area contributed by atoms with Gasteiger partial charge < -0.3 is 4.18 Å². The third kappa shape index (κ3) is 5.59. The van der Waals surface area contributed by atoms with Crippen molar-refractivity contribution in [2.24, 2.45) is 0 Å². The lowest BCUT2D eigenvalue weighted by molar-refractivity contribution is -0.123. The summed E-state index contributed by atoms with van der Waals surface area (Å²) < 4.78 is 30.2. The van der Waals surface area contributed by atoms with Crippen LogP contribution in [0, 0.1) is 0 Å². The van der Waals surface area contributed by atoms with Gasteiger partial charge in [0.25, 0.3) is 11.1 Å². The van der Waals surface area contributed by atoms with Crippen molar-refractivity contribution < 1.29 is 22.2 Å². The summed E-state index contributed by atoms with van der Waals surface area (Å²) in [6.07, 6.45) is 1.50. The number of carbonyl (C=O) groups excluding carboxylic acids is 2. The SMILES string of the molecule is O=C1S/C(=C\c2cccc(OS(=O)(=O)c3ccc(Cl)cc3)c2)C(=O)N1Cc1ccc(Cl)cc1Cl. The molecule has 174 valence electrons. The third-order valence-corrected chi connectivity index (χ3v) is 7.69. The van der Waals surface area contributed by atoms with Gasteiger partial charge in [0.15, 0.2) is 0 Å². The molecule has 2 amide bonds. The molecule has 34 heavy (non-hydrogen) atoms. The topological polar surface area (TPSA) is 80.8 Å². The number of amides is 2. The summed E-state index contributed by atoms with van der Waals surface area (Å²) in [7, 11) is -4.08. The first-order valence-corrected chi connectivity index (χ1v) is 13.0. The number of thioether (sulfide) groups is 1. The molecule has 0 aromatic heterocycles. The number of hydrogen-bond donors (Lipinski definition) is 0. The molecule has 1 saturated heterocycles. The smallest absolute Gasteiger partial charge is 0.339 e. The third-order valence-electron chi connectivity index (χ3n) is 4.68. The Labute approximate surface area is 215 Å². The minimum absolute atomic E-state index is 0.000492. The van der Waals surface area contributed by atoms with Crippen LogP contribution in [0.1, 0.15) is 11.1 Å². The number of hydrogen-bond acceptors (Lipinski definition) is 6. The van der Waals surface area contributed by atoms with Gasteiger partial charge in [-0.15, -0.1) is 0 Å². The lowest BCUT2D eigenvalue weighted by Gasteiger charge is -2.13. The number of nitrogens with zero attached hydrogens (tertiary/aromatic N) is 1. The van der Waals surface area contributed by atoms with Crippen molar-refractivity contribution in [1.82, 2.24) is 4.90 Å². The van der Waals surface area contributed by atoms with Gasteiger partial charge in [0.1, 0.15) is 10.6 Å². The summed E-state index contributed by atoms with van der Waals surface area (Å²) in [6, 6.07) is 16.6. The molecule has 0 radical (unpaired) electrons. The summed E-state index contributed by atoms with van der Waals surface area (Å²) in [5.74, 6) is -0.433. The maximum absolute atomic E-state index is 12.8. The molecule has 1 heterocycles. The van der Waals surface area contributed by atoms with Crippen molar-refractivity contribution in [3.8, 4) is 5.75 Å². The van der Waals surface area contributed by atoms with Crippen molar-refractivity contribution in [2.45, 2.75) is 11.4 Å². The van der Waals surface area contributed by atoms with Crippen molar-refractivity contribution >= 4 is 73.9 Å². The van der Waals surface area contributed by atoms with E-state index in [4.69, 9.17) is 39.0 Å². The van der Waals surface area contributed by atoms with Crippen LogP contribution in [0.3, 0.4) is 0 Å². The van der Waals surface area contributed by atoms with Crippen LogP contribution >= 0.6 is 46.6 Å². The summed E-state index contributed by atoms with van der Waals surface area (Å²) in [4.78, 5) is 26.5. The minimum Gasteiger partial charge on any atom is -0.379 e. The standard InChI is InChI=1S/C23H14Cl3NO5S2/c24-16-6-8-19(9-7-16)34(30,31)32-18-3-1-2-14(10-18)11-21-22(28)27(23(29)33-21)13-15-4-5-17(25)12-20(15)26/h1-12H,13H2/b21-11-. The average Bonchev–Trinajstić information content (AvgIpc) is 3.03. The molecule has 3 aromatic carbocycles. The van der Waals surface area contributed by atoms with Crippen molar-refractivity contribution in [3.05, 3.63) is 97.8 Å². The molecule has 0 bridgehead atoms. The van der Waals surface area contributed by atoms with E-state index in [1.807, 2.05) is 0 Å². The van der Waals surface area contributed by atoms with E-state index in [0.29, 0.717) is 26.2 Å². The fourth-order valence-electron chi connectivity index (χ4n) is 3.04. The average molecular weight is 555 g/mol. The Bertz CT molecular complexity index is 1420. The zero-order chi connectivity index (χ0) is 24.5. The Hall–Kier alpha value is -2.49.